The number of hydrogen-bond acceptors (Lipinski definition) is 6. The number of fused-ring (bicyclic) bond motifs is 1. The molecule has 1 aliphatic rings. The number of aromatic amines is 1. The molecule has 0 saturated heterocycles. The molecular formula is C20H19N5O4S. The maximum absolute atomic E-state index is 13.7. The minimum atomic E-state index is -4.10. The second-order valence-corrected chi connectivity index (χ2v) is 9.05. The van der Waals surface area contributed by atoms with Crippen LogP contribution in [0, 0.1) is 27.4 Å². The summed E-state index contributed by atoms with van der Waals surface area (Å²) in [4.78, 5) is 18.2. The van der Waals surface area contributed by atoms with Gasteiger partial charge in [0.15, 0.2) is 0 Å². The van der Waals surface area contributed by atoms with Crippen LogP contribution in [-0.2, 0) is 10.0 Å². The van der Waals surface area contributed by atoms with E-state index in [-0.39, 0.29) is 22.2 Å². The van der Waals surface area contributed by atoms with Crippen LogP contribution in [0.3, 0.4) is 0 Å². The topological polar surface area (TPSA) is 133 Å². The molecule has 4 rings (SSSR count). The van der Waals surface area contributed by atoms with E-state index in [1.807, 2.05) is 0 Å². The highest BCUT2D eigenvalue weighted by molar-refractivity contribution is 7.92. The van der Waals surface area contributed by atoms with Crippen molar-refractivity contribution in [3.8, 4) is 6.07 Å². The molecule has 1 aliphatic carbocycles. The normalized spacial score (nSPS) is 19.3. The molecule has 10 heteroatoms. The van der Waals surface area contributed by atoms with Gasteiger partial charge >= 0.3 is 5.69 Å². The third kappa shape index (κ3) is 3.37. The first-order valence-corrected chi connectivity index (χ1v) is 11.0. The fraction of sp³-hybridized carbons (Fsp3) is 0.300. The summed E-state index contributed by atoms with van der Waals surface area (Å²) in [6.45, 7) is 0. The van der Waals surface area contributed by atoms with E-state index in [0.29, 0.717) is 36.7 Å². The first-order chi connectivity index (χ1) is 14.4. The van der Waals surface area contributed by atoms with Crippen LogP contribution in [0.15, 0.2) is 53.7 Å². The summed E-state index contributed by atoms with van der Waals surface area (Å²) in [5, 5.41) is 21.4. The average Bonchev–Trinajstić information content (AvgIpc) is 3.24. The van der Waals surface area contributed by atoms with E-state index >= 15 is 0 Å². The van der Waals surface area contributed by atoms with Gasteiger partial charge in [0, 0.05) is 18.2 Å². The van der Waals surface area contributed by atoms with E-state index in [1.165, 1.54) is 16.4 Å². The molecule has 1 aromatic carbocycles. The van der Waals surface area contributed by atoms with E-state index in [9.17, 15) is 23.8 Å². The third-order valence-corrected chi connectivity index (χ3v) is 7.33. The number of sulfonamides is 1. The fourth-order valence-corrected chi connectivity index (χ4v) is 5.76. The zero-order valence-electron chi connectivity index (χ0n) is 15.9. The Bertz CT molecular complexity index is 1230. The molecule has 0 unspecified atom stereocenters. The van der Waals surface area contributed by atoms with Crippen LogP contribution in [0.25, 0.3) is 11.0 Å². The van der Waals surface area contributed by atoms with Crippen molar-refractivity contribution in [1.29, 1.82) is 5.26 Å². The molecule has 3 aromatic rings. The van der Waals surface area contributed by atoms with Gasteiger partial charge in [0.2, 0.25) is 0 Å². The lowest BCUT2D eigenvalue weighted by molar-refractivity contribution is -0.384. The summed E-state index contributed by atoms with van der Waals surface area (Å²) in [5.41, 5.74) is 0.00842. The summed E-state index contributed by atoms with van der Waals surface area (Å²) in [7, 11) is -4.10. The van der Waals surface area contributed by atoms with Gasteiger partial charge in [-0.3, -0.25) is 14.4 Å². The minimum absolute atomic E-state index is 0.00973. The van der Waals surface area contributed by atoms with Crippen LogP contribution < -0.4 is 4.31 Å². The number of hydrogen-bond donors (Lipinski definition) is 1. The van der Waals surface area contributed by atoms with Crippen LogP contribution >= 0.6 is 0 Å². The Kier molecular flexibility index (Phi) is 5.13. The summed E-state index contributed by atoms with van der Waals surface area (Å²) < 4.78 is 28.6. The molecule has 9 nitrogen and oxygen atoms in total. The highest BCUT2D eigenvalue weighted by Crippen LogP contribution is 2.42. The van der Waals surface area contributed by atoms with Crippen molar-refractivity contribution in [2.24, 2.45) is 5.92 Å². The third-order valence-electron chi connectivity index (χ3n) is 5.47. The number of nitrogens with one attached hydrogen (secondary N) is 1. The second-order valence-electron chi connectivity index (χ2n) is 7.24. The monoisotopic (exact) mass is 425 g/mol. The first-order valence-electron chi connectivity index (χ1n) is 9.53. The van der Waals surface area contributed by atoms with Gasteiger partial charge in [-0.2, -0.15) is 5.26 Å². The zero-order valence-corrected chi connectivity index (χ0v) is 16.7. The molecule has 154 valence electrons. The van der Waals surface area contributed by atoms with E-state index in [1.54, 1.807) is 30.5 Å². The number of H-pyrrole nitrogens is 1. The van der Waals surface area contributed by atoms with Crippen molar-refractivity contribution in [2.75, 3.05) is 4.31 Å². The quantitative estimate of drug-likeness (QED) is 0.489. The Hall–Kier alpha value is -3.45. The minimum Gasteiger partial charge on any atom is -0.346 e. The Morgan fingerprint density at radius 1 is 1.17 bits per heavy atom. The van der Waals surface area contributed by atoms with Crippen molar-refractivity contribution >= 4 is 32.4 Å². The van der Waals surface area contributed by atoms with Crippen molar-refractivity contribution in [2.45, 2.75) is 36.6 Å². The van der Waals surface area contributed by atoms with E-state index in [4.69, 9.17) is 0 Å². The predicted molar refractivity (Wildman–Crippen MR) is 110 cm³/mol. The van der Waals surface area contributed by atoms with Crippen LogP contribution in [-0.4, -0.2) is 29.4 Å². The Morgan fingerprint density at radius 2 is 1.87 bits per heavy atom. The van der Waals surface area contributed by atoms with Crippen molar-refractivity contribution in [3.63, 3.8) is 0 Å². The van der Waals surface area contributed by atoms with Gasteiger partial charge in [-0.1, -0.05) is 18.2 Å². The van der Waals surface area contributed by atoms with E-state index in [2.05, 4.69) is 16.0 Å². The van der Waals surface area contributed by atoms with Gasteiger partial charge < -0.3 is 4.98 Å². The Labute approximate surface area is 173 Å². The first kappa shape index (κ1) is 19.8. The largest absolute Gasteiger partial charge is 0.346 e. The summed E-state index contributed by atoms with van der Waals surface area (Å²) >= 11 is 0. The van der Waals surface area contributed by atoms with Gasteiger partial charge in [0.25, 0.3) is 10.0 Å². The number of anilines is 1. The smallest absolute Gasteiger partial charge is 0.312 e. The van der Waals surface area contributed by atoms with Crippen molar-refractivity contribution < 1.29 is 13.3 Å². The Morgan fingerprint density at radius 3 is 2.50 bits per heavy atom. The number of pyridine rings is 1. The zero-order chi connectivity index (χ0) is 21.3. The number of nitrogens with zero attached hydrogens (tertiary/aromatic N) is 4. The molecule has 0 bridgehead atoms. The standard InChI is InChI=1S/C20H19N5O4S/c21-12-14-6-8-15(9-7-14)24(30(28,29)16-4-2-1-3-5-16)19-17-10-11-22-20(17)23-13-18(19)25(26)27/h1-5,10-11,13-15H,6-9H2,(H,22,23). The number of nitro groups is 1. The van der Waals surface area contributed by atoms with Crippen LogP contribution in [0.2, 0.25) is 0 Å². The molecule has 2 heterocycles. The molecule has 30 heavy (non-hydrogen) atoms. The van der Waals surface area contributed by atoms with Gasteiger partial charge in [0.05, 0.1) is 21.3 Å². The fourth-order valence-electron chi connectivity index (χ4n) is 3.99. The van der Waals surface area contributed by atoms with Crippen molar-refractivity contribution in [1.82, 2.24) is 9.97 Å². The van der Waals surface area contributed by atoms with Crippen molar-refractivity contribution in [3.05, 3.63) is 58.9 Å². The number of rotatable bonds is 5. The highest BCUT2D eigenvalue weighted by Gasteiger charge is 2.39. The van der Waals surface area contributed by atoms with Crippen LogP contribution in [0.1, 0.15) is 25.7 Å². The Balaban J connectivity index is 1.95. The predicted octanol–water partition coefficient (Wildman–Crippen LogP) is 3.75. The molecule has 2 aromatic heterocycles. The van der Waals surface area contributed by atoms with Gasteiger partial charge in [-0.05, 0) is 43.9 Å². The lowest BCUT2D eigenvalue weighted by Gasteiger charge is -2.36. The maximum Gasteiger partial charge on any atom is 0.312 e. The van der Waals surface area contributed by atoms with Gasteiger partial charge in [-0.15, -0.1) is 0 Å². The summed E-state index contributed by atoms with van der Waals surface area (Å²) in [5.74, 6) is -0.137. The molecular weight excluding hydrogens is 406 g/mol. The molecule has 1 fully saturated rings. The molecule has 0 spiro atoms. The van der Waals surface area contributed by atoms with E-state index < -0.39 is 21.0 Å². The average molecular weight is 425 g/mol. The summed E-state index contributed by atoms with van der Waals surface area (Å²) in [6.07, 6.45) is 4.62. The number of nitriles is 1. The molecule has 0 radical (unpaired) electrons. The molecule has 0 aliphatic heterocycles. The highest BCUT2D eigenvalue weighted by atomic mass is 32.2. The van der Waals surface area contributed by atoms with Crippen LogP contribution in [0.4, 0.5) is 11.4 Å². The summed E-state index contributed by atoms with van der Waals surface area (Å²) in [6, 6.07) is 11.2. The SMILES string of the molecule is N#CC1CCC(N(c2c([N+](=O)[O-])cnc3[nH]ccc23)S(=O)(=O)c2ccccc2)CC1. The van der Waals surface area contributed by atoms with E-state index in [0.717, 1.165) is 6.20 Å². The lowest BCUT2D eigenvalue weighted by Crippen LogP contribution is -2.43. The van der Waals surface area contributed by atoms with Gasteiger partial charge in [0.1, 0.15) is 17.5 Å². The number of aromatic nitrogens is 2. The maximum atomic E-state index is 13.7. The molecule has 1 saturated carbocycles. The molecule has 1 N–H and O–H groups in total. The van der Waals surface area contributed by atoms with Gasteiger partial charge in [-0.25, -0.2) is 13.4 Å². The molecule has 0 amide bonds. The number of benzene rings is 1. The molecule has 0 atom stereocenters. The second kappa shape index (κ2) is 7.76. The lowest BCUT2D eigenvalue weighted by atomic mass is 9.87. The van der Waals surface area contributed by atoms with Crippen LogP contribution in [0.5, 0.6) is 0 Å².